The molecule has 0 bridgehead atoms. The van der Waals surface area contributed by atoms with Crippen molar-refractivity contribution in [1.82, 2.24) is 4.90 Å². The lowest BCUT2D eigenvalue weighted by Gasteiger charge is -2.33. The molecule has 32 heavy (non-hydrogen) atoms. The van der Waals surface area contributed by atoms with E-state index >= 15 is 0 Å². The maximum Gasteiger partial charge on any atom is 0.323 e. The lowest BCUT2D eigenvalue weighted by molar-refractivity contribution is -0.150. The van der Waals surface area contributed by atoms with E-state index in [0.717, 1.165) is 55.2 Å². The predicted molar refractivity (Wildman–Crippen MR) is 136 cm³/mol. The SMILES string of the molecule is O=C(OCc1ccccc1)C1CCCN1CP1(=S)CNc2cccc3cccc(c23)NC1. The molecule has 0 aromatic heterocycles. The minimum atomic E-state index is -1.82. The molecule has 3 aromatic carbocycles. The smallest absolute Gasteiger partial charge is 0.323 e. The highest BCUT2D eigenvalue weighted by molar-refractivity contribution is 8.14. The lowest BCUT2D eigenvalue weighted by Crippen LogP contribution is -2.39. The molecule has 5 nitrogen and oxygen atoms in total. The molecule has 2 aliphatic rings. The number of ether oxygens (including phenoxy) is 1. The molecule has 0 spiro atoms. The lowest BCUT2D eigenvalue weighted by atomic mass is 10.1. The minimum Gasteiger partial charge on any atom is -0.460 e. The first-order valence-electron chi connectivity index (χ1n) is 11.1. The summed E-state index contributed by atoms with van der Waals surface area (Å²) in [6.07, 6.45) is 4.15. The highest BCUT2D eigenvalue weighted by atomic mass is 32.4. The quantitative estimate of drug-likeness (QED) is 0.397. The zero-order valence-electron chi connectivity index (χ0n) is 18.0. The summed E-state index contributed by atoms with van der Waals surface area (Å²) in [5.74, 6) is -0.129. The van der Waals surface area contributed by atoms with Crippen LogP contribution in [0.4, 0.5) is 11.4 Å². The maximum atomic E-state index is 12.9. The number of benzene rings is 3. The van der Waals surface area contributed by atoms with Crippen LogP contribution in [-0.4, -0.2) is 42.3 Å². The van der Waals surface area contributed by atoms with Crippen molar-refractivity contribution in [1.29, 1.82) is 0 Å². The van der Waals surface area contributed by atoms with Gasteiger partial charge in [0.25, 0.3) is 0 Å². The normalized spacial score (nSPS) is 20.1. The summed E-state index contributed by atoms with van der Waals surface area (Å²) < 4.78 is 5.66. The molecule has 1 saturated heterocycles. The molecule has 1 atom stereocenters. The van der Waals surface area contributed by atoms with E-state index in [1.807, 2.05) is 30.3 Å². The van der Waals surface area contributed by atoms with Gasteiger partial charge < -0.3 is 15.4 Å². The highest BCUT2D eigenvalue weighted by Crippen LogP contribution is 2.49. The van der Waals surface area contributed by atoms with Gasteiger partial charge in [-0.15, -0.1) is 0 Å². The first kappa shape index (κ1) is 21.4. The van der Waals surface area contributed by atoms with Crippen LogP contribution in [0.2, 0.25) is 0 Å². The van der Waals surface area contributed by atoms with Gasteiger partial charge in [-0.3, -0.25) is 9.69 Å². The van der Waals surface area contributed by atoms with E-state index in [1.165, 1.54) is 10.8 Å². The number of rotatable bonds is 5. The summed E-state index contributed by atoms with van der Waals surface area (Å²) in [6, 6.07) is 20.5. The van der Waals surface area contributed by atoms with Gasteiger partial charge in [-0.2, -0.15) is 0 Å². The monoisotopic (exact) mass is 465 g/mol. The third-order valence-electron chi connectivity index (χ3n) is 6.32. The van der Waals surface area contributed by atoms with E-state index in [4.69, 9.17) is 16.5 Å². The third-order valence-corrected chi connectivity index (χ3v) is 9.79. The Morgan fingerprint density at radius 3 is 2.38 bits per heavy atom. The number of esters is 1. The van der Waals surface area contributed by atoms with Crippen LogP contribution < -0.4 is 10.6 Å². The van der Waals surface area contributed by atoms with Crippen LogP contribution >= 0.6 is 6.04 Å². The second-order valence-electron chi connectivity index (χ2n) is 8.64. The third kappa shape index (κ3) is 4.54. The first-order chi connectivity index (χ1) is 15.6. The Hall–Kier alpha value is -2.40. The van der Waals surface area contributed by atoms with Gasteiger partial charge in [0.15, 0.2) is 0 Å². The van der Waals surface area contributed by atoms with Crippen LogP contribution in [0.1, 0.15) is 18.4 Å². The fourth-order valence-electron chi connectivity index (χ4n) is 4.67. The summed E-state index contributed by atoms with van der Waals surface area (Å²) in [7, 11) is 0. The van der Waals surface area contributed by atoms with E-state index in [0.29, 0.717) is 6.61 Å². The predicted octanol–water partition coefficient (Wildman–Crippen LogP) is 5.24. The zero-order chi connectivity index (χ0) is 22.0. The molecule has 0 amide bonds. The molecule has 2 heterocycles. The fourth-order valence-corrected chi connectivity index (χ4v) is 7.73. The Morgan fingerprint density at radius 1 is 1.00 bits per heavy atom. The number of hydrogen-bond donors (Lipinski definition) is 2. The number of carbonyl (C=O) groups is 1. The summed E-state index contributed by atoms with van der Waals surface area (Å²) in [6.45, 7) is 1.22. The Labute approximate surface area is 194 Å². The molecule has 1 unspecified atom stereocenters. The average molecular weight is 466 g/mol. The van der Waals surface area contributed by atoms with Crippen molar-refractivity contribution >= 4 is 46.0 Å². The van der Waals surface area contributed by atoms with Gasteiger partial charge in [-0.1, -0.05) is 66.4 Å². The van der Waals surface area contributed by atoms with Crippen molar-refractivity contribution in [2.24, 2.45) is 0 Å². The summed E-state index contributed by atoms with van der Waals surface area (Å²) in [5.41, 5.74) is 3.26. The number of likely N-dealkylation sites (tertiary alicyclic amines) is 1. The van der Waals surface area contributed by atoms with Crippen LogP contribution in [0.15, 0.2) is 66.7 Å². The van der Waals surface area contributed by atoms with Crippen molar-refractivity contribution in [3.63, 3.8) is 0 Å². The molecule has 1 fully saturated rings. The molecule has 7 heteroatoms. The van der Waals surface area contributed by atoms with Crippen LogP contribution in [0.25, 0.3) is 10.8 Å². The Bertz CT molecular complexity index is 1120. The topological polar surface area (TPSA) is 53.6 Å². The Morgan fingerprint density at radius 2 is 1.69 bits per heavy atom. The van der Waals surface area contributed by atoms with Crippen LogP contribution in [-0.2, 0) is 27.9 Å². The first-order valence-corrected chi connectivity index (χ1v) is 14.5. The van der Waals surface area contributed by atoms with Gasteiger partial charge in [0, 0.05) is 41.7 Å². The van der Waals surface area contributed by atoms with E-state index < -0.39 is 6.04 Å². The molecule has 3 aromatic rings. The molecular weight excluding hydrogens is 437 g/mol. The number of anilines is 2. The van der Waals surface area contributed by atoms with Crippen molar-refractivity contribution in [2.75, 3.05) is 36.0 Å². The van der Waals surface area contributed by atoms with Gasteiger partial charge >= 0.3 is 5.97 Å². The molecule has 0 radical (unpaired) electrons. The van der Waals surface area contributed by atoms with E-state index in [-0.39, 0.29) is 12.0 Å². The van der Waals surface area contributed by atoms with E-state index in [9.17, 15) is 4.79 Å². The van der Waals surface area contributed by atoms with Gasteiger partial charge in [0.1, 0.15) is 12.6 Å². The van der Waals surface area contributed by atoms with E-state index in [2.05, 4.69) is 51.9 Å². The standard InChI is InChI=1S/C25H28N3O2PS/c29-25(30-15-19-7-2-1-3-8-19)23-13-6-14-28(23)18-31(32)16-26-21-11-4-9-20-10-5-12-22(24(20)21)27-17-31/h1-5,7-12,23,26-27H,6,13-18H2. The number of nitrogens with one attached hydrogen (secondary N) is 2. The Balaban J connectivity index is 1.27. The maximum absolute atomic E-state index is 12.9. The molecule has 2 aliphatic heterocycles. The van der Waals surface area contributed by atoms with Crippen molar-refractivity contribution < 1.29 is 9.53 Å². The van der Waals surface area contributed by atoms with Gasteiger partial charge in [-0.05, 0) is 42.5 Å². The van der Waals surface area contributed by atoms with Crippen molar-refractivity contribution in [3.05, 3.63) is 72.3 Å². The molecule has 0 saturated carbocycles. The number of carbonyl (C=O) groups excluding carboxylic acids is 1. The van der Waals surface area contributed by atoms with Crippen molar-refractivity contribution in [2.45, 2.75) is 25.5 Å². The van der Waals surface area contributed by atoms with Crippen LogP contribution in [0, 0.1) is 0 Å². The van der Waals surface area contributed by atoms with Gasteiger partial charge in [0.05, 0.1) is 0 Å². The molecule has 5 rings (SSSR count). The zero-order valence-corrected chi connectivity index (χ0v) is 19.7. The number of hydrogen-bond acceptors (Lipinski definition) is 6. The van der Waals surface area contributed by atoms with Crippen LogP contribution in [0.5, 0.6) is 0 Å². The fraction of sp³-hybridized carbons (Fsp3) is 0.320. The second-order valence-corrected chi connectivity index (χ2v) is 14.0. The second kappa shape index (κ2) is 9.22. The highest BCUT2D eigenvalue weighted by Gasteiger charge is 2.35. The molecule has 2 N–H and O–H groups in total. The summed E-state index contributed by atoms with van der Waals surface area (Å²) >= 11 is 6.25. The van der Waals surface area contributed by atoms with Gasteiger partial charge in [0.2, 0.25) is 0 Å². The molecular formula is C25H28N3O2PS. The number of nitrogens with zero attached hydrogens (tertiary/aromatic N) is 1. The molecule has 0 aliphatic carbocycles. The minimum absolute atomic E-state index is 0.129. The summed E-state index contributed by atoms with van der Waals surface area (Å²) in [5, 5.41) is 9.73. The largest absolute Gasteiger partial charge is 0.460 e. The summed E-state index contributed by atoms with van der Waals surface area (Å²) in [4.78, 5) is 15.1. The molecule has 166 valence electrons. The van der Waals surface area contributed by atoms with Crippen LogP contribution in [0.3, 0.4) is 0 Å². The Kier molecular flexibility index (Phi) is 6.18. The van der Waals surface area contributed by atoms with E-state index in [1.54, 1.807) is 0 Å². The van der Waals surface area contributed by atoms with Gasteiger partial charge in [-0.25, -0.2) is 0 Å². The average Bonchev–Trinajstić information content (AvgIpc) is 3.27. The van der Waals surface area contributed by atoms with Crippen molar-refractivity contribution in [3.8, 4) is 0 Å².